The first-order valence-corrected chi connectivity index (χ1v) is 9.92. The first kappa shape index (κ1) is 16.5. The zero-order chi connectivity index (χ0) is 19.4. The summed E-state index contributed by atoms with van der Waals surface area (Å²) in [6, 6.07) is 15.6. The van der Waals surface area contributed by atoms with Gasteiger partial charge in [0.05, 0.1) is 17.1 Å². The molecule has 1 saturated carbocycles. The predicted octanol–water partition coefficient (Wildman–Crippen LogP) is 3.66. The highest BCUT2D eigenvalue weighted by atomic mass is 16.5. The Morgan fingerprint density at radius 1 is 1.07 bits per heavy atom. The summed E-state index contributed by atoms with van der Waals surface area (Å²) < 4.78 is 7.46. The molecule has 1 aliphatic heterocycles. The molecule has 0 unspecified atom stereocenters. The summed E-state index contributed by atoms with van der Waals surface area (Å²) in [7, 11) is 0. The third kappa shape index (κ3) is 2.81. The van der Waals surface area contributed by atoms with Crippen LogP contribution in [0.2, 0.25) is 0 Å². The molecule has 0 N–H and O–H groups in total. The quantitative estimate of drug-likeness (QED) is 0.536. The fourth-order valence-corrected chi connectivity index (χ4v) is 3.88. The van der Waals surface area contributed by atoms with Crippen LogP contribution < -0.4 is 0 Å². The van der Waals surface area contributed by atoms with Gasteiger partial charge >= 0.3 is 0 Å². The van der Waals surface area contributed by atoms with Crippen molar-refractivity contribution in [2.24, 2.45) is 0 Å². The number of fused-ring (bicyclic) bond motifs is 1. The average molecular weight is 385 g/mol. The number of benzene rings is 2. The Labute approximate surface area is 166 Å². The van der Waals surface area contributed by atoms with Crippen molar-refractivity contribution in [1.29, 1.82) is 0 Å². The molecule has 29 heavy (non-hydrogen) atoms. The summed E-state index contributed by atoms with van der Waals surface area (Å²) in [5, 5.41) is 13.5. The molecule has 0 atom stereocenters. The summed E-state index contributed by atoms with van der Waals surface area (Å²) >= 11 is 0. The normalized spacial score (nSPS) is 16.9. The van der Waals surface area contributed by atoms with Gasteiger partial charge in [0.2, 0.25) is 0 Å². The first-order valence-electron chi connectivity index (χ1n) is 9.92. The molecule has 0 radical (unpaired) electrons. The van der Waals surface area contributed by atoms with E-state index in [1.165, 1.54) is 12.8 Å². The van der Waals surface area contributed by atoms with Crippen LogP contribution in [0.4, 0.5) is 0 Å². The minimum atomic E-state index is 0.0193. The van der Waals surface area contributed by atoms with Crippen molar-refractivity contribution in [3.8, 4) is 11.3 Å². The lowest BCUT2D eigenvalue weighted by molar-refractivity contribution is 0.0498. The molecule has 6 rings (SSSR count). The summed E-state index contributed by atoms with van der Waals surface area (Å²) in [6.45, 7) is 1.30. The van der Waals surface area contributed by atoms with Gasteiger partial charge in [0.1, 0.15) is 5.52 Å². The lowest BCUT2D eigenvalue weighted by atomic mass is 10.0. The third-order valence-electron chi connectivity index (χ3n) is 5.81. The van der Waals surface area contributed by atoms with E-state index in [1.54, 1.807) is 0 Å². The van der Waals surface area contributed by atoms with Gasteiger partial charge in [-0.3, -0.25) is 4.79 Å². The van der Waals surface area contributed by atoms with Crippen molar-refractivity contribution >= 4 is 16.8 Å². The maximum absolute atomic E-state index is 13.0. The van der Waals surface area contributed by atoms with Crippen LogP contribution in [-0.4, -0.2) is 44.0 Å². The molecule has 2 aromatic carbocycles. The van der Waals surface area contributed by atoms with Gasteiger partial charge in [-0.25, -0.2) is 4.68 Å². The maximum atomic E-state index is 13.0. The van der Waals surface area contributed by atoms with Gasteiger partial charge in [-0.1, -0.05) is 40.7 Å². The SMILES string of the molecule is O=C(c1ccc2noc(-c3ccccc3)c2c1)N1CC(n2cc(C3CC3)nn2)C1. The van der Waals surface area contributed by atoms with Crippen LogP contribution in [0, 0.1) is 0 Å². The molecule has 3 heterocycles. The summed E-state index contributed by atoms with van der Waals surface area (Å²) in [4.78, 5) is 14.8. The number of rotatable bonds is 4. The van der Waals surface area contributed by atoms with Crippen molar-refractivity contribution in [1.82, 2.24) is 25.1 Å². The number of carbonyl (C=O) groups is 1. The number of aromatic nitrogens is 4. The second-order valence-corrected chi connectivity index (χ2v) is 7.87. The van der Waals surface area contributed by atoms with Crippen molar-refractivity contribution < 1.29 is 9.32 Å². The van der Waals surface area contributed by atoms with E-state index in [9.17, 15) is 4.79 Å². The number of carbonyl (C=O) groups excluding carboxylic acids is 1. The summed E-state index contributed by atoms with van der Waals surface area (Å²) in [5.41, 5.74) is 3.42. The maximum Gasteiger partial charge on any atom is 0.254 e. The molecule has 4 aromatic rings. The molecule has 7 nitrogen and oxygen atoms in total. The van der Waals surface area contributed by atoms with Crippen LogP contribution in [-0.2, 0) is 0 Å². The van der Waals surface area contributed by atoms with Gasteiger partial charge in [0.15, 0.2) is 5.76 Å². The number of hydrogen-bond donors (Lipinski definition) is 0. The van der Waals surface area contributed by atoms with Gasteiger partial charge in [-0.15, -0.1) is 5.10 Å². The van der Waals surface area contributed by atoms with E-state index in [0.29, 0.717) is 30.3 Å². The second kappa shape index (κ2) is 6.27. The van der Waals surface area contributed by atoms with E-state index >= 15 is 0 Å². The zero-order valence-corrected chi connectivity index (χ0v) is 15.7. The Hall–Kier alpha value is -3.48. The molecule has 2 aromatic heterocycles. The molecule has 0 spiro atoms. The lowest BCUT2D eigenvalue weighted by Gasteiger charge is -2.38. The fourth-order valence-electron chi connectivity index (χ4n) is 3.88. The smallest absolute Gasteiger partial charge is 0.254 e. The zero-order valence-electron chi connectivity index (χ0n) is 15.7. The van der Waals surface area contributed by atoms with Crippen LogP contribution in [0.1, 0.15) is 40.9 Å². The van der Waals surface area contributed by atoms with Crippen LogP contribution in [0.3, 0.4) is 0 Å². The van der Waals surface area contributed by atoms with E-state index in [0.717, 1.165) is 22.2 Å². The summed E-state index contributed by atoms with van der Waals surface area (Å²) in [6.07, 6.45) is 4.47. The molecule has 2 fully saturated rings. The number of amides is 1. The first-order chi connectivity index (χ1) is 14.3. The largest absolute Gasteiger partial charge is 0.355 e. The number of nitrogens with zero attached hydrogens (tertiary/aromatic N) is 5. The van der Waals surface area contributed by atoms with Crippen LogP contribution >= 0.6 is 0 Å². The molecule has 1 saturated heterocycles. The van der Waals surface area contributed by atoms with Gasteiger partial charge < -0.3 is 9.42 Å². The highest BCUT2D eigenvalue weighted by molar-refractivity contribution is 6.01. The number of hydrogen-bond acceptors (Lipinski definition) is 5. The molecular formula is C22H19N5O2. The number of likely N-dealkylation sites (tertiary alicyclic amines) is 1. The molecule has 144 valence electrons. The van der Waals surface area contributed by atoms with Crippen molar-refractivity contribution in [2.45, 2.75) is 24.8 Å². The Morgan fingerprint density at radius 2 is 1.90 bits per heavy atom. The Kier molecular flexibility index (Phi) is 3.56. The van der Waals surface area contributed by atoms with Gasteiger partial charge in [0, 0.05) is 36.3 Å². The fraction of sp³-hybridized carbons (Fsp3) is 0.273. The average Bonchev–Trinajstić information content (AvgIpc) is 3.31. The molecule has 1 aliphatic carbocycles. The van der Waals surface area contributed by atoms with Gasteiger partial charge in [-0.2, -0.15) is 0 Å². The standard InChI is InChI=1S/C22H19N5O2/c28-22(26-11-17(12-26)27-13-20(23-25-27)14-6-7-14)16-8-9-19-18(10-16)21(29-24-19)15-4-2-1-3-5-15/h1-5,8-10,13-14,17H,6-7,11-12H2. The van der Waals surface area contributed by atoms with Crippen LogP contribution in [0.15, 0.2) is 59.3 Å². The lowest BCUT2D eigenvalue weighted by Crippen LogP contribution is -2.50. The minimum Gasteiger partial charge on any atom is -0.355 e. The van der Waals surface area contributed by atoms with Gasteiger partial charge in [0.25, 0.3) is 5.91 Å². The predicted molar refractivity (Wildman–Crippen MR) is 106 cm³/mol. The molecule has 7 heteroatoms. The molecule has 1 amide bonds. The van der Waals surface area contributed by atoms with E-state index in [1.807, 2.05) is 64.3 Å². The Bertz CT molecular complexity index is 1200. The molecule has 2 aliphatic rings. The molecule has 0 bridgehead atoms. The van der Waals surface area contributed by atoms with Crippen LogP contribution in [0.25, 0.3) is 22.2 Å². The van der Waals surface area contributed by atoms with Crippen molar-refractivity contribution in [3.63, 3.8) is 0 Å². The third-order valence-corrected chi connectivity index (χ3v) is 5.81. The Morgan fingerprint density at radius 3 is 2.69 bits per heavy atom. The topological polar surface area (TPSA) is 77.0 Å². The second-order valence-electron chi connectivity index (χ2n) is 7.87. The van der Waals surface area contributed by atoms with E-state index < -0.39 is 0 Å². The monoisotopic (exact) mass is 385 g/mol. The summed E-state index contributed by atoms with van der Waals surface area (Å²) in [5.74, 6) is 1.30. The highest BCUT2D eigenvalue weighted by Gasteiger charge is 2.35. The van der Waals surface area contributed by atoms with Crippen molar-refractivity contribution in [3.05, 3.63) is 66.0 Å². The van der Waals surface area contributed by atoms with Gasteiger partial charge in [-0.05, 0) is 31.0 Å². The van der Waals surface area contributed by atoms with E-state index in [2.05, 4.69) is 15.5 Å². The van der Waals surface area contributed by atoms with E-state index in [4.69, 9.17) is 4.52 Å². The van der Waals surface area contributed by atoms with E-state index in [-0.39, 0.29) is 11.9 Å². The minimum absolute atomic E-state index is 0.0193. The Balaban J connectivity index is 1.22. The molecular weight excluding hydrogens is 366 g/mol. The highest BCUT2D eigenvalue weighted by Crippen LogP contribution is 2.39. The van der Waals surface area contributed by atoms with Crippen molar-refractivity contribution in [2.75, 3.05) is 13.1 Å². The van der Waals surface area contributed by atoms with Crippen LogP contribution in [0.5, 0.6) is 0 Å².